The zero-order valence-corrected chi connectivity index (χ0v) is 9.14. The Hall–Kier alpha value is -2.35. The molecule has 0 radical (unpaired) electrons. The van der Waals surface area contributed by atoms with Gasteiger partial charge in [0.25, 0.3) is 5.91 Å². The Labute approximate surface area is 99.5 Å². The summed E-state index contributed by atoms with van der Waals surface area (Å²) in [4.78, 5) is 26.0. The van der Waals surface area contributed by atoms with Gasteiger partial charge in [-0.25, -0.2) is 9.78 Å². The van der Waals surface area contributed by atoms with Crippen molar-refractivity contribution in [1.82, 2.24) is 13.7 Å². The molecule has 7 nitrogen and oxygen atoms in total. The van der Waals surface area contributed by atoms with Gasteiger partial charge in [0, 0.05) is 0 Å². The molecule has 2 rings (SSSR count). The molecule has 0 atom stereocenters. The van der Waals surface area contributed by atoms with Crippen molar-refractivity contribution < 1.29 is 14.7 Å². The van der Waals surface area contributed by atoms with Crippen molar-refractivity contribution in [3.8, 4) is 0 Å². The summed E-state index contributed by atoms with van der Waals surface area (Å²) in [6.07, 6.45) is 1.32. The van der Waals surface area contributed by atoms with Gasteiger partial charge in [0.05, 0.1) is 17.9 Å². The van der Waals surface area contributed by atoms with Crippen LogP contribution in [0, 0.1) is 0 Å². The van der Waals surface area contributed by atoms with Gasteiger partial charge in [0.15, 0.2) is 11.4 Å². The minimum Gasteiger partial charge on any atom is -0.477 e. The van der Waals surface area contributed by atoms with E-state index >= 15 is 0 Å². The Bertz CT molecular complexity index is 555. The highest BCUT2D eigenvalue weighted by Gasteiger charge is 2.11. The van der Waals surface area contributed by atoms with Gasteiger partial charge in [-0.1, -0.05) is 6.07 Å². The maximum Gasteiger partial charge on any atom is 0.354 e. The summed E-state index contributed by atoms with van der Waals surface area (Å²) in [7, 11) is 0. The zero-order valence-electron chi connectivity index (χ0n) is 8.32. The standard InChI is InChI=1S/C9H6N4O3S/c14-8(6-4-10-17-13-6)12-7-3-1-2-5(11-7)9(15)16/h1-4H,(H,15,16)(H,11,12,14). The number of carbonyl (C=O) groups is 2. The molecule has 2 aromatic rings. The Morgan fingerprint density at radius 2 is 2.12 bits per heavy atom. The van der Waals surface area contributed by atoms with Crippen LogP contribution < -0.4 is 5.32 Å². The van der Waals surface area contributed by atoms with Crippen molar-refractivity contribution >= 4 is 29.4 Å². The molecular weight excluding hydrogens is 244 g/mol. The molecular formula is C9H6N4O3S. The molecule has 0 aromatic carbocycles. The van der Waals surface area contributed by atoms with E-state index in [0.717, 1.165) is 11.7 Å². The van der Waals surface area contributed by atoms with Crippen molar-refractivity contribution in [3.63, 3.8) is 0 Å². The summed E-state index contributed by atoms with van der Waals surface area (Å²) >= 11 is 0.911. The number of amides is 1. The van der Waals surface area contributed by atoms with E-state index in [4.69, 9.17) is 5.11 Å². The van der Waals surface area contributed by atoms with Gasteiger partial charge in [-0.15, -0.1) is 0 Å². The molecule has 0 unspecified atom stereocenters. The second-order valence-electron chi connectivity index (χ2n) is 2.96. The van der Waals surface area contributed by atoms with Gasteiger partial charge < -0.3 is 10.4 Å². The van der Waals surface area contributed by atoms with Crippen molar-refractivity contribution in [2.24, 2.45) is 0 Å². The van der Waals surface area contributed by atoms with Gasteiger partial charge in [-0.3, -0.25) is 4.79 Å². The van der Waals surface area contributed by atoms with Gasteiger partial charge in [0.1, 0.15) is 5.82 Å². The third-order valence-corrected chi connectivity index (χ3v) is 2.28. The number of carbonyl (C=O) groups excluding carboxylic acids is 1. The summed E-state index contributed by atoms with van der Waals surface area (Å²) in [6, 6.07) is 4.32. The summed E-state index contributed by atoms with van der Waals surface area (Å²) in [5.74, 6) is -1.48. The van der Waals surface area contributed by atoms with Crippen LogP contribution in [0.25, 0.3) is 0 Å². The van der Waals surface area contributed by atoms with Gasteiger partial charge >= 0.3 is 5.97 Å². The smallest absolute Gasteiger partial charge is 0.354 e. The first-order chi connectivity index (χ1) is 8.16. The lowest BCUT2D eigenvalue weighted by Gasteiger charge is -2.02. The lowest BCUT2D eigenvalue weighted by molar-refractivity contribution is 0.0690. The van der Waals surface area contributed by atoms with Crippen LogP contribution >= 0.6 is 11.7 Å². The quantitative estimate of drug-likeness (QED) is 0.837. The molecule has 0 aliphatic heterocycles. The van der Waals surface area contributed by atoms with Crippen molar-refractivity contribution in [3.05, 3.63) is 35.8 Å². The summed E-state index contributed by atoms with van der Waals surface area (Å²) in [6.45, 7) is 0. The van der Waals surface area contributed by atoms with E-state index in [0.29, 0.717) is 0 Å². The molecule has 17 heavy (non-hydrogen) atoms. The predicted molar refractivity (Wildman–Crippen MR) is 59.1 cm³/mol. The first kappa shape index (κ1) is 11.1. The molecule has 0 fully saturated rings. The monoisotopic (exact) mass is 250 g/mol. The summed E-state index contributed by atoms with van der Waals surface area (Å²) in [5.41, 5.74) is 0.0248. The number of pyridine rings is 1. The highest BCUT2D eigenvalue weighted by Crippen LogP contribution is 2.07. The fourth-order valence-corrected chi connectivity index (χ4v) is 1.48. The number of carboxylic acids is 1. The molecule has 2 aromatic heterocycles. The number of rotatable bonds is 3. The van der Waals surface area contributed by atoms with Crippen LogP contribution in [-0.4, -0.2) is 30.7 Å². The maximum atomic E-state index is 11.6. The minimum atomic E-state index is -1.16. The second kappa shape index (κ2) is 4.66. The maximum absolute atomic E-state index is 11.6. The van der Waals surface area contributed by atoms with Crippen LogP contribution in [0.5, 0.6) is 0 Å². The average Bonchev–Trinajstić information content (AvgIpc) is 2.82. The Morgan fingerprint density at radius 1 is 1.29 bits per heavy atom. The van der Waals surface area contributed by atoms with E-state index in [1.54, 1.807) is 0 Å². The van der Waals surface area contributed by atoms with Crippen LogP contribution in [-0.2, 0) is 0 Å². The summed E-state index contributed by atoms with van der Waals surface area (Å²) < 4.78 is 7.43. The predicted octanol–water partition coefficient (Wildman–Crippen LogP) is 0.884. The molecule has 0 saturated heterocycles. The number of carboxylic acid groups (broad SMARTS) is 1. The van der Waals surface area contributed by atoms with Crippen LogP contribution in [0.1, 0.15) is 21.0 Å². The van der Waals surface area contributed by atoms with Crippen molar-refractivity contribution in [2.75, 3.05) is 5.32 Å². The van der Waals surface area contributed by atoms with Crippen LogP contribution in [0.2, 0.25) is 0 Å². The molecule has 0 aliphatic rings. The van der Waals surface area contributed by atoms with Crippen LogP contribution in [0.3, 0.4) is 0 Å². The summed E-state index contributed by atoms with van der Waals surface area (Å²) in [5, 5.41) is 11.2. The SMILES string of the molecule is O=C(O)c1cccc(NC(=O)c2cnsn2)n1. The first-order valence-corrected chi connectivity index (χ1v) is 5.19. The molecule has 0 spiro atoms. The van der Waals surface area contributed by atoms with Crippen molar-refractivity contribution in [1.29, 1.82) is 0 Å². The molecule has 0 saturated carbocycles. The van der Waals surface area contributed by atoms with E-state index in [1.807, 2.05) is 0 Å². The number of nitrogens with zero attached hydrogens (tertiary/aromatic N) is 3. The molecule has 0 aliphatic carbocycles. The number of aromatic carboxylic acids is 1. The molecule has 2 heterocycles. The van der Waals surface area contributed by atoms with E-state index < -0.39 is 11.9 Å². The lowest BCUT2D eigenvalue weighted by Crippen LogP contribution is -2.14. The normalized spacial score (nSPS) is 9.88. The number of aromatic nitrogens is 3. The van der Waals surface area contributed by atoms with E-state index in [1.165, 1.54) is 24.4 Å². The highest BCUT2D eigenvalue weighted by molar-refractivity contribution is 6.99. The fourth-order valence-electron chi connectivity index (χ4n) is 1.07. The average molecular weight is 250 g/mol. The lowest BCUT2D eigenvalue weighted by atomic mass is 10.3. The molecule has 2 N–H and O–H groups in total. The molecule has 1 amide bonds. The molecule has 0 bridgehead atoms. The van der Waals surface area contributed by atoms with Crippen LogP contribution in [0.4, 0.5) is 5.82 Å². The number of hydrogen-bond acceptors (Lipinski definition) is 6. The Kier molecular flexibility index (Phi) is 3.06. The zero-order chi connectivity index (χ0) is 12.3. The molecule has 86 valence electrons. The topological polar surface area (TPSA) is 105 Å². The van der Waals surface area contributed by atoms with E-state index in [-0.39, 0.29) is 17.2 Å². The number of anilines is 1. The first-order valence-electron chi connectivity index (χ1n) is 4.46. The second-order valence-corrected chi connectivity index (χ2v) is 3.52. The Balaban J connectivity index is 2.16. The highest BCUT2D eigenvalue weighted by atomic mass is 32.1. The number of nitrogens with one attached hydrogen (secondary N) is 1. The third kappa shape index (κ3) is 2.61. The van der Waals surface area contributed by atoms with Crippen molar-refractivity contribution in [2.45, 2.75) is 0 Å². The minimum absolute atomic E-state index is 0.140. The van der Waals surface area contributed by atoms with Gasteiger partial charge in [-0.05, 0) is 12.1 Å². The largest absolute Gasteiger partial charge is 0.477 e. The van der Waals surface area contributed by atoms with E-state index in [2.05, 4.69) is 19.0 Å². The van der Waals surface area contributed by atoms with E-state index in [9.17, 15) is 9.59 Å². The molecule has 8 heteroatoms. The number of hydrogen-bond donors (Lipinski definition) is 2. The van der Waals surface area contributed by atoms with Gasteiger partial charge in [0.2, 0.25) is 0 Å². The third-order valence-electron chi connectivity index (χ3n) is 1.80. The van der Waals surface area contributed by atoms with Crippen LogP contribution in [0.15, 0.2) is 24.4 Å². The van der Waals surface area contributed by atoms with Gasteiger partial charge in [-0.2, -0.15) is 8.75 Å². The fraction of sp³-hybridized carbons (Fsp3) is 0. The Morgan fingerprint density at radius 3 is 2.76 bits per heavy atom.